The predicted molar refractivity (Wildman–Crippen MR) is 119 cm³/mol. The molecular weight excluding hydrogens is 432 g/mol. The van der Waals surface area contributed by atoms with Gasteiger partial charge in [0, 0.05) is 10.9 Å². The molecule has 0 saturated heterocycles. The third-order valence-electron chi connectivity index (χ3n) is 4.62. The quantitative estimate of drug-likeness (QED) is 0.515. The Morgan fingerprint density at radius 3 is 2.91 bits per heavy atom. The van der Waals surface area contributed by atoms with Crippen LogP contribution in [0.25, 0.3) is 11.3 Å². The Morgan fingerprint density at radius 2 is 2.09 bits per heavy atom. The average molecular weight is 455 g/mol. The minimum absolute atomic E-state index is 0.0303. The fraction of sp³-hybridized carbons (Fsp3) is 0.261. The highest BCUT2D eigenvalue weighted by Crippen LogP contribution is 2.33. The third kappa shape index (κ3) is 5.17. The van der Waals surface area contributed by atoms with Crippen molar-refractivity contribution >= 4 is 28.9 Å². The molecule has 8 nitrogen and oxygen atoms in total. The highest BCUT2D eigenvalue weighted by molar-refractivity contribution is 7.09. The molecule has 9 heteroatoms. The second-order valence-electron chi connectivity index (χ2n) is 6.98. The molecule has 1 aliphatic heterocycles. The summed E-state index contributed by atoms with van der Waals surface area (Å²) in [6.45, 7) is 4.18. The summed E-state index contributed by atoms with van der Waals surface area (Å²) in [7, 11) is 0. The van der Waals surface area contributed by atoms with Crippen LogP contribution in [0.15, 0.2) is 41.8 Å². The van der Waals surface area contributed by atoms with Crippen molar-refractivity contribution in [3.8, 4) is 28.5 Å². The molecule has 0 spiro atoms. The largest absolute Gasteiger partial charge is 0.486 e. The van der Waals surface area contributed by atoms with Crippen molar-refractivity contribution in [2.45, 2.75) is 20.5 Å². The zero-order chi connectivity index (χ0) is 22.5. The van der Waals surface area contributed by atoms with E-state index in [2.05, 4.69) is 10.3 Å². The number of nitrogens with zero attached hydrogens (tertiary/aromatic N) is 1. The lowest BCUT2D eigenvalue weighted by molar-refractivity contribution is -0.145. The summed E-state index contributed by atoms with van der Waals surface area (Å²) < 4.78 is 21.6. The van der Waals surface area contributed by atoms with Crippen molar-refractivity contribution in [3.05, 3.63) is 52.3 Å². The van der Waals surface area contributed by atoms with Crippen LogP contribution in [0.4, 0.5) is 5.69 Å². The monoisotopic (exact) mass is 454 g/mol. The van der Waals surface area contributed by atoms with E-state index in [0.717, 1.165) is 21.8 Å². The molecule has 0 atom stereocenters. The zero-order valence-electron chi connectivity index (χ0n) is 17.7. The Morgan fingerprint density at radius 1 is 1.22 bits per heavy atom. The number of anilines is 1. The number of esters is 1. The number of hydrogen-bond donors (Lipinski definition) is 1. The van der Waals surface area contributed by atoms with Gasteiger partial charge in [-0.05, 0) is 55.8 Å². The van der Waals surface area contributed by atoms with Gasteiger partial charge in [-0.3, -0.25) is 4.79 Å². The van der Waals surface area contributed by atoms with E-state index >= 15 is 0 Å². The molecule has 0 unspecified atom stereocenters. The first-order valence-electron chi connectivity index (χ1n) is 10.0. The number of hydrogen-bond acceptors (Lipinski definition) is 8. The first-order chi connectivity index (χ1) is 15.5. The SMILES string of the molecule is CCOC(=O)COc1ccc(OCc2nc(-c3ccc4c(c3)NC(=O)CO4)cs2)cc1C. The van der Waals surface area contributed by atoms with Gasteiger partial charge in [-0.2, -0.15) is 0 Å². The summed E-state index contributed by atoms with van der Waals surface area (Å²) in [4.78, 5) is 27.6. The van der Waals surface area contributed by atoms with Crippen molar-refractivity contribution in [3.63, 3.8) is 0 Å². The number of rotatable bonds is 8. The Bertz CT molecular complexity index is 1140. The highest BCUT2D eigenvalue weighted by atomic mass is 32.1. The van der Waals surface area contributed by atoms with Gasteiger partial charge in [0.15, 0.2) is 13.2 Å². The minimum atomic E-state index is -0.402. The van der Waals surface area contributed by atoms with Gasteiger partial charge in [0.05, 0.1) is 18.0 Å². The second-order valence-corrected chi connectivity index (χ2v) is 7.93. The molecule has 32 heavy (non-hydrogen) atoms. The predicted octanol–water partition coefficient (Wildman–Crippen LogP) is 3.97. The molecule has 1 N–H and O–H groups in total. The molecule has 0 fully saturated rings. The van der Waals surface area contributed by atoms with Gasteiger partial charge in [0.25, 0.3) is 5.91 Å². The van der Waals surface area contributed by atoms with Crippen LogP contribution < -0.4 is 19.5 Å². The van der Waals surface area contributed by atoms with E-state index in [-0.39, 0.29) is 19.1 Å². The molecular formula is C23H22N2O6S. The van der Waals surface area contributed by atoms with Crippen LogP contribution in [0.5, 0.6) is 17.2 Å². The molecule has 1 aliphatic rings. The molecule has 2 heterocycles. The summed E-state index contributed by atoms with van der Waals surface area (Å²) >= 11 is 1.49. The molecule has 0 radical (unpaired) electrons. The lowest BCUT2D eigenvalue weighted by Crippen LogP contribution is -2.25. The van der Waals surface area contributed by atoms with E-state index in [1.54, 1.807) is 19.1 Å². The van der Waals surface area contributed by atoms with Crippen molar-refractivity contribution in [2.75, 3.05) is 25.1 Å². The van der Waals surface area contributed by atoms with Crippen molar-refractivity contribution in [2.24, 2.45) is 0 Å². The van der Waals surface area contributed by atoms with E-state index in [0.29, 0.717) is 36.1 Å². The van der Waals surface area contributed by atoms with E-state index in [4.69, 9.17) is 18.9 Å². The summed E-state index contributed by atoms with van der Waals surface area (Å²) in [5.74, 6) is 1.36. The third-order valence-corrected chi connectivity index (χ3v) is 5.44. The smallest absolute Gasteiger partial charge is 0.344 e. The standard InChI is InChI=1S/C23H22N2O6S/c1-3-28-23(27)12-31-19-7-5-16(8-14(19)2)29-11-22-25-18(13-32-22)15-4-6-20-17(9-15)24-21(26)10-30-20/h4-9,13H,3,10-12H2,1-2H3,(H,24,26). The topological polar surface area (TPSA) is 96.0 Å². The average Bonchev–Trinajstić information content (AvgIpc) is 3.26. The summed E-state index contributed by atoms with van der Waals surface area (Å²) in [6.07, 6.45) is 0. The second kappa shape index (κ2) is 9.69. The van der Waals surface area contributed by atoms with Crippen molar-refractivity contribution in [1.82, 2.24) is 4.98 Å². The van der Waals surface area contributed by atoms with E-state index in [1.807, 2.05) is 36.6 Å². The van der Waals surface area contributed by atoms with Gasteiger partial charge in [-0.25, -0.2) is 9.78 Å². The van der Waals surface area contributed by atoms with Crippen LogP contribution in [-0.2, 0) is 20.9 Å². The number of amides is 1. The van der Waals surface area contributed by atoms with E-state index < -0.39 is 5.97 Å². The minimum Gasteiger partial charge on any atom is -0.486 e. The van der Waals surface area contributed by atoms with Crippen LogP contribution in [0.3, 0.4) is 0 Å². The van der Waals surface area contributed by atoms with Crippen molar-refractivity contribution < 1.29 is 28.5 Å². The fourth-order valence-electron chi connectivity index (χ4n) is 3.11. The van der Waals surface area contributed by atoms with Gasteiger partial charge in [0.1, 0.15) is 28.9 Å². The Kier molecular flexibility index (Phi) is 6.55. The lowest BCUT2D eigenvalue weighted by Gasteiger charge is -2.18. The van der Waals surface area contributed by atoms with Crippen LogP contribution >= 0.6 is 11.3 Å². The van der Waals surface area contributed by atoms with Crippen LogP contribution in [-0.4, -0.2) is 36.7 Å². The normalized spacial score (nSPS) is 12.4. The van der Waals surface area contributed by atoms with Crippen LogP contribution in [0.2, 0.25) is 0 Å². The van der Waals surface area contributed by atoms with Gasteiger partial charge in [-0.1, -0.05) is 0 Å². The molecule has 0 bridgehead atoms. The number of benzene rings is 2. The lowest BCUT2D eigenvalue weighted by atomic mass is 10.1. The fourth-order valence-corrected chi connectivity index (χ4v) is 3.82. The Labute approximate surface area is 189 Å². The first kappa shape index (κ1) is 21.6. The zero-order valence-corrected chi connectivity index (χ0v) is 18.5. The van der Waals surface area contributed by atoms with E-state index in [1.165, 1.54) is 11.3 Å². The number of fused-ring (bicyclic) bond motifs is 1. The highest BCUT2D eigenvalue weighted by Gasteiger charge is 2.17. The maximum absolute atomic E-state index is 11.5. The Balaban J connectivity index is 1.36. The number of ether oxygens (including phenoxy) is 4. The summed E-state index contributed by atoms with van der Waals surface area (Å²) in [5, 5.41) is 5.57. The van der Waals surface area contributed by atoms with E-state index in [9.17, 15) is 9.59 Å². The van der Waals surface area contributed by atoms with Gasteiger partial charge >= 0.3 is 5.97 Å². The van der Waals surface area contributed by atoms with Gasteiger partial charge in [0.2, 0.25) is 0 Å². The molecule has 3 aromatic rings. The van der Waals surface area contributed by atoms with Crippen LogP contribution in [0, 0.1) is 6.92 Å². The number of thiazole rings is 1. The van der Waals surface area contributed by atoms with Gasteiger partial charge < -0.3 is 24.3 Å². The molecule has 1 amide bonds. The molecule has 1 aromatic heterocycles. The number of aromatic nitrogens is 1. The molecule has 0 saturated carbocycles. The summed E-state index contributed by atoms with van der Waals surface area (Å²) in [6, 6.07) is 11.0. The number of aryl methyl sites for hydroxylation is 1. The maximum Gasteiger partial charge on any atom is 0.344 e. The van der Waals surface area contributed by atoms with Crippen LogP contribution in [0.1, 0.15) is 17.5 Å². The maximum atomic E-state index is 11.5. The number of nitrogens with one attached hydrogen (secondary N) is 1. The molecule has 2 aromatic carbocycles. The number of carbonyl (C=O) groups excluding carboxylic acids is 2. The number of carbonyl (C=O) groups is 2. The summed E-state index contributed by atoms with van der Waals surface area (Å²) in [5.41, 5.74) is 3.18. The Hall–Kier alpha value is -3.59. The molecule has 0 aliphatic carbocycles. The molecule has 166 valence electrons. The van der Waals surface area contributed by atoms with Crippen molar-refractivity contribution in [1.29, 1.82) is 0 Å². The molecule has 4 rings (SSSR count). The van der Waals surface area contributed by atoms with Gasteiger partial charge in [-0.15, -0.1) is 11.3 Å². The first-order valence-corrected chi connectivity index (χ1v) is 10.9.